The molecule has 1 nitrogen and oxygen atoms in total. The van der Waals surface area contributed by atoms with Gasteiger partial charge in [0.1, 0.15) is 0 Å². The van der Waals surface area contributed by atoms with E-state index in [2.05, 4.69) is 0 Å². The maximum atomic E-state index is 12.7. The third-order valence-corrected chi connectivity index (χ3v) is 1.78. The molecule has 0 bridgehead atoms. The zero-order chi connectivity index (χ0) is 9.30. The van der Waals surface area contributed by atoms with E-state index in [4.69, 9.17) is 11.6 Å². The third kappa shape index (κ3) is 1.46. The first-order chi connectivity index (χ1) is 5.54. The van der Waals surface area contributed by atoms with Gasteiger partial charge >= 0.3 is 0 Å². The maximum Gasteiger partial charge on any atom is 0.178 e. The van der Waals surface area contributed by atoms with Crippen molar-refractivity contribution in [2.45, 2.75) is 6.92 Å². The first kappa shape index (κ1) is 9.13. The predicted molar refractivity (Wildman–Crippen MR) is 41.4 cm³/mol. The third-order valence-electron chi connectivity index (χ3n) is 1.41. The lowest BCUT2D eigenvalue weighted by Gasteiger charge is -2.00. The van der Waals surface area contributed by atoms with Gasteiger partial charge < -0.3 is 0 Å². The van der Waals surface area contributed by atoms with Crippen LogP contribution in [-0.4, -0.2) is 5.78 Å². The molecular weight excluding hydrogens is 186 g/mol. The zero-order valence-corrected chi connectivity index (χ0v) is 6.95. The highest BCUT2D eigenvalue weighted by molar-refractivity contribution is 6.34. The lowest BCUT2D eigenvalue weighted by molar-refractivity contribution is 0.101. The minimum Gasteiger partial charge on any atom is -0.294 e. The van der Waals surface area contributed by atoms with Crippen LogP contribution >= 0.6 is 11.6 Å². The topological polar surface area (TPSA) is 17.1 Å². The van der Waals surface area contributed by atoms with Crippen molar-refractivity contribution < 1.29 is 13.6 Å². The van der Waals surface area contributed by atoms with Crippen LogP contribution in [0.1, 0.15) is 17.3 Å². The average molecular weight is 191 g/mol. The molecule has 0 saturated carbocycles. The first-order valence-electron chi connectivity index (χ1n) is 3.18. The first-order valence-corrected chi connectivity index (χ1v) is 3.56. The monoisotopic (exact) mass is 190 g/mol. The van der Waals surface area contributed by atoms with Gasteiger partial charge in [-0.15, -0.1) is 0 Å². The molecule has 0 amide bonds. The molecule has 1 rings (SSSR count). The summed E-state index contributed by atoms with van der Waals surface area (Å²) < 4.78 is 25.1. The molecule has 0 aromatic heterocycles. The van der Waals surface area contributed by atoms with Crippen LogP contribution in [0.2, 0.25) is 5.02 Å². The molecule has 0 aliphatic heterocycles. The molecule has 0 unspecified atom stereocenters. The van der Waals surface area contributed by atoms with Crippen molar-refractivity contribution in [3.05, 3.63) is 34.4 Å². The van der Waals surface area contributed by atoms with Gasteiger partial charge in [-0.05, 0) is 19.1 Å². The van der Waals surface area contributed by atoms with E-state index in [1.54, 1.807) is 0 Å². The SMILES string of the molecule is CC(=O)c1ccc(F)c(F)c1Cl. The Labute approximate surface area is 73.0 Å². The van der Waals surface area contributed by atoms with Crippen LogP contribution in [0.3, 0.4) is 0 Å². The van der Waals surface area contributed by atoms with Crippen LogP contribution in [0.15, 0.2) is 12.1 Å². The predicted octanol–water partition coefficient (Wildman–Crippen LogP) is 2.82. The second-order valence-corrected chi connectivity index (χ2v) is 2.66. The van der Waals surface area contributed by atoms with Crippen molar-refractivity contribution >= 4 is 17.4 Å². The molecule has 0 saturated heterocycles. The summed E-state index contributed by atoms with van der Waals surface area (Å²) in [5, 5.41) is -0.456. The average Bonchev–Trinajstić information content (AvgIpc) is 2.00. The number of Topliss-reactive ketones (excluding diaryl/α,β-unsaturated/α-hetero) is 1. The molecule has 0 aliphatic carbocycles. The van der Waals surface area contributed by atoms with Gasteiger partial charge in [-0.2, -0.15) is 0 Å². The van der Waals surface area contributed by atoms with E-state index in [1.807, 2.05) is 0 Å². The molecule has 0 atom stereocenters. The van der Waals surface area contributed by atoms with Crippen LogP contribution in [0.4, 0.5) is 8.78 Å². The standard InChI is InChI=1S/C8H5ClF2O/c1-4(12)5-2-3-6(10)8(11)7(5)9/h2-3H,1H3. The summed E-state index contributed by atoms with van der Waals surface area (Å²) in [5.41, 5.74) is -0.00410. The van der Waals surface area contributed by atoms with E-state index in [0.29, 0.717) is 0 Å². The van der Waals surface area contributed by atoms with Gasteiger partial charge in [0.15, 0.2) is 17.4 Å². The molecule has 0 heterocycles. The molecule has 0 spiro atoms. The summed E-state index contributed by atoms with van der Waals surface area (Å²) in [6.07, 6.45) is 0. The zero-order valence-electron chi connectivity index (χ0n) is 6.20. The Hall–Kier alpha value is -0.960. The second kappa shape index (κ2) is 3.19. The van der Waals surface area contributed by atoms with Crippen molar-refractivity contribution in [1.82, 2.24) is 0 Å². The van der Waals surface area contributed by atoms with Gasteiger partial charge in [0, 0.05) is 5.56 Å². The van der Waals surface area contributed by atoms with Gasteiger partial charge in [-0.3, -0.25) is 4.79 Å². The Balaban J connectivity index is 3.36. The minimum atomic E-state index is -1.18. The van der Waals surface area contributed by atoms with Crippen molar-refractivity contribution in [3.8, 4) is 0 Å². The number of carbonyl (C=O) groups is 1. The summed E-state index contributed by atoms with van der Waals surface area (Å²) in [5.74, 6) is -2.62. The fraction of sp³-hybridized carbons (Fsp3) is 0.125. The van der Waals surface area contributed by atoms with Crippen molar-refractivity contribution in [2.24, 2.45) is 0 Å². The molecule has 0 fully saturated rings. The van der Waals surface area contributed by atoms with E-state index in [1.165, 1.54) is 6.92 Å². The minimum absolute atomic E-state index is 0.00410. The van der Waals surface area contributed by atoms with E-state index in [0.717, 1.165) is 12.1 Å². The van der Waals surface area contributed by atoms with Crippen LogP contribution in [-0.2, 0) is 0 Å². The Morgan fingerprint density at radius 2 is 2.00 bits per heavy atom. The molecule has 4 heteroatoms. The summed E-state index contributed by atoms with van der Waals surface area (Å²) in [6.45, 7) is 1.23. The summed E-state index contributed by atoms with van der Waals surface area (Å²) in [7, 11) is 0. The summed E-state index contributed by atoms with van der Waals surface area (Å²) in [4.78, 5) is 10.8. The number of benzene rings is 1. The number of carbonyl (C=O) groups excluding carboxylic acids is 1. The van der Waals surface area contributed by atoms with Crippen molar-refractivity contribution in [1.29, 1.82) is 0 Å². The van der Waals surface area contributed by atoms with Crippen molar-refractivity contribution in [3.63, 3.8) is 0 Å². The van der Waals surface area contributed by atoms with Gasteiger partial charge in [0.05, 0.1) is 5.02 Å². The van der Waals surface area contributed by atoms with E-state index < -0.39 is 16.7 Å². The summed E-state index contributed by atoms with van der Waals surface area (Å²) in [6, 6.07) is 2.03. The molecule has 0 N–H and O–H groups in total. The normalized spacial score (nSPS) is 10.0. The molecular formula is C8H5ClF2O. The van der Waals surface area contributed by atoms with E-state index in [-0.39, 0.29) is 11.3 Å². The number of halogens is 3. The Kier molecular flexibility index (Phi) is 2.43. The van der Waals surface area contributed by atoms with Gasteiger partial charge in [0.25, 0.3) is 0 Å². The van der Waals surface area contributed by atoms with Crippen molar-refractivity contribution in [2.75, 3.05) is 0 Å². The Morgan fingerprint density at radius 3 is 2.50 bits per heavy atom. The highest BCUT2D eigenvalue weighted by Crippen LogP contribution is 2.22. The van der Waals surface area contributed by atoms with Gasteiger partial charge in [-0.1, -0.05) is 11.6 Å². The number of ketones is 1. The van der Waals surface area contributed by atoms with E-state index >= 15 is 0 Å². The second-order valence-electron chi connectivity index (χ2n) is 2.28. The molecule has 1 aromatic carbocycles. The largest absolute Gasteiger partial charge is 0.294 e. The highest BCUT2D eigenvalue weighted by Gasteiger charge is 2.13. The number of rotatable bonds is 1. The highest BCUT2D eigenvalue weighted by atomic mass is 35.5. The molecule has 12 heavy (non-hydrogen) atoms. The smallest absolute Gasteiger partial charge is 0.178 e. The molecule has 64 valence electrons. The Morgan fingerprint density at radius 1 is 1.42 bits per heavy atom. The summed E-state index contributed by atoms with van der Waals surface area (Å²) >= 11 is 5.36. The Bertz CT molecular complexity index is 336. The molecule has 0 aliphatic rings. The van der Waals surface area contributed by atoms with Crippen LogP contribution in [0.5, 0.6) is 0 Å². The lowest BCUT2D eigenvalue weighted by atomic mass is 10.1. The molecule has 0 radical (unpaired) electrons. The van der Waals surface area contributed by atoms with Crippen LogP contribution in [0, 0.1) is 11.6 Å². The lowest BCUT2D eigenvalue weighted by Crippen LogP contribution is -1.97. The fourth-order valence-electron chi connectivity index (χ4n) is 0.798. The van der Waals surface area contributed by atoms with Gasteiger partial charge in [-0.25, -0.2) is 8.78 Å². The van der Waals surface area contributed by atoms with Crippen LogP contribution < -0.4 is 0 Å². The van der Waals surface area contributed by atoms with Crippen LogP contribution in [0.25, 0.3) is 0 Å². The fourth-order valence-corrected chi connectivity index (χ4v) is 1.08. The quantitative estimate of drug-likeness (QED) is 0.492. The number of hydrogen-bond acceptors (Lipinski definition) is 1. The number of hydrogen-bond donors (Lipinski definition) is 0. The van der Waals surface area contributed by atoms with E-state index in [9.17, 15) is 13.6 Å². The van der Waals surface area contributed by atoms with Gasteiger partial charge in [0.2, 0.25) is 0 Å². The maximum absolute atomic E-state index is 12.7. The molecule has 1 aromatic rings.